The summed E-state index contributed by atoms with van der Waals surface area (Å²) in [5.41, 5.74) is 0. The molecule has 1 N–H and O–H groups in total. The van der Waals surface area contributed by atoms with Crippen molar-refractivity contribution in [3.05, 3.63) is 12.4 Å². The number of nitrogens with zero attached hydrogens (tertiary/aromatic N) is 5. The van der Waals surface area contributed by atoms with E-state index in [9.17, 15) is 9.59 Å². The van der Waals surface area contributed by atoms with Gasteiger partial charge in [-0.1, -0.05) is 5.21 Å². The molecule has 2 heterocycles. The summed E-state index contributed by atoms with van der Waals surface area (Å²) in [6.07, 6.45) is 3.97. The molecule has 0 spiro atoms. The van der Waals surface area contributed by atoms with Crippen LogP contribution in [0.25, 0.3) is 0 Å². The van der Waals surface area contributed by atoms with Gasteiger partial charge in [-0.15, -0.1) is 5.10 Å². The van der Waals surface area contributed by atoms with Gasteiger partial charge in [0, 0.05) is 32.4 Å². The first-order valence-electron chi connectivity index (χ1n) is 6.21. The van der Waals surface area contributed by atoms with Crippen LogP contribution < -0.4 is 0 Å². The highest BCUT2D eigenvalue weighted by Crippen LogP contribution is 2.04. The molecule has 104 valence electrons. The smallest absolute Gasteiger partial charge is 0.317 e. The van der Waals surface area contributed by atoms with Crippen molar-refractivity contribution in [1.82, 2.24) is 24.8 Å². The van der Waals surface area contributed by atoms with Crippen molar-refractivity contribution >= 4 is 11.9 Å². The van der Waals surface area contributed by atoms with Crippen molar-refractivity contribution in [1.29, 1.82) is 0 Å². The Labute approximate surface area is 110 Å². The summed E-state index contributed by atoms with van der Waals surface area (Å²) in [7, 11) is 0. The number of carbonyl (C=O) groups is 2. The second kappa shape index (κ2) is 6.28. The molecule has 8 heteroatoms. The number of hydrogen-bond donors (Lipinski definition) is 1. The third-order valence-electron chi connectivity index (χ3n) is 3.07. The molecule has 1 amide bonds. The molecule has 0 bridgehead atoms. The summed E-state index contributed by atoms with van der Waals surface area (Å²) in [4.78, 5) is 26.3. The summed E-state index contributed by atoms with van der Waals surface area (Å²) in [5.74, 6) is -0.843. The third-order valence-corrected chi connectivity index (χ3v) is 3.07. The maximum atomic E-state index is 12.0. The van der Waals surface area contributed by atoms with Crippen LogP contribution in [0.3, 0.4) is 0 Å². The van der Waals surface area contributed by atoms with Gasteiger partial charge in [-0.25, -0.2) is 4.68 Å². The van der Waals surface area contributed by atoms with Gasteiger partial charge < -0.3 is 10.0 Å². The highest BCUT2D eigenvalue weighted by Gasteiger charge is 2.20. The number of aromatic nitrogens is 3. The molecule has 1 aliphatic rings. The number of carboxylic acids is 1. The molecule has 1 aromatic heterocycles. The molecule has 0 aliphatic carbocycles. The fourth-order valence-electron chi connectivity index (χ4n) is 2.13. The van der Waals surface area contributed by atoms with Gasteiger partial charge in [0.15, 0.2) is 0 Å². The zero-order valence-corrected chi connectivity index (χ0v) is 10.6. The highest BCUT2D eigenvalue weighted by atomic mass is 16.4. The number of carbonyl (C=O) groups excluding carboxylic acids is 1. The van der Waals surface area contributed by atoms with Crippen molar-refractivity contribution in [3.8, 4) is 0 Å². The number of amides is 1. The minimum atomic E-state index is -0.831. The van der Waals surface area contributed by atoms with Crippen molar-refractivity contribution < 1.29 is 14.7 Å². The number of rotatable bonds is 4. The van der Waals surface area contributed by atoms with Crippen LogP contribution in [0.2, 0.25) is 0 Å². The Kier molecular flexibility index (Phi) is 4.45. The van der Waals surface area contributed by atoms with Gasteiger partial charge in [-0.2, -0.15) is 0 Å². The molecule has 1 saturated heterocycles. The molecule has 19 heavy (non-hydrogen) atoms. The molecule has 1 fully saturated rings. The number of hydrogen-bond acceptors (Lipinski definition) is 5. The average Bonchev–Trinajstić information content (AvgIpc) is 2.74. The lowest BCUT2D eigenvalue weighted by molar-refractivity contribution is -0.138. The highest BCUT2D eigenvalue weighted by molar-refractivity contribution is 5.76. The Morgan fingerprint density at radius 1 is 1.16 bits per heavy atom. The molecule has 0 aromatic carbocycles. The molecule has 0 unspecified atom stereocenters. The van der Waals surface area contributed by atoms with Crippen molar-refractivity contribution in [2.75, 3.05) is 32.7 Å². The molecular weight excluding hydrogens is 250 g/mol. The molecule has 1 aromatic rings. The molecule has 0 atom stereocenters. The van der Waals surface area contributed by atoms with Crippen LogP contribution in [0.5, 0.6) is 0 Å². The molecule has 2 rings (SSSR count). The first-order valence-corrected chi connectivity index (χ1v) is 6.21. The van der Waals surface area contributed by atoms with E-state index >= 15 is 0 Å². The van der Waals surface area contributed by atoms with Crippen LogP contribution in [-0.2, 0) is 16.1 Å². The van der Waals surface area contributed by atoms with E-state index in [0.717, 1.165) is 6.42 Å². The van der Waals surface area contributed by atoms with E-state index in [-0.39, 0.29) is 19.0 Å². The minimum Gasteiger partial charge on any atom is -0.480 e. The van der Waals surface area contributed by atoms with Crippen LogP contribution in [0.1, 0.15) is 6.42 Å². The summed E-state index contributed by atoms with van der Waals surface area (Å²) in [6.45, 7) is 2.73. The minimum absolute atomic E-state index is 0.0114. The summed E-state index contributed by atoms with van der Waals surface area (Å²) < 4.78 is 1.49. The van der Waals surface area contributed by atoms with Gasteiger partial charge in [0.1, 0.15) is 6.54 Å². The topological polar surface area (TPSA) is 91.6 Å². The molecular formula is C11H17N5O3. The second-order valence-electron chi connectivity index (χ2n) is 4.50. The van der Waals surface area contributed by atoms with Crippen LogP contribution in [0, 0.1) is 0 Å². The van der Waals surface area contributed by atoms with Crippen LogP contribution >= 0.6 is 0 Å². The van der Waals surface area contributed by atoms with Crippen molar-refractivity contribution in [2.24, 2.45) is 0 Å². The van der Waals surface area contributed by atoms with Crippen LogP contribution in [0.15, 0.2) is 12.4 Å². The molecule has 1 aliphatic heterocycles. The lowest BCUT2D eigenvalue weighted by Gasteiger charge is -2.21. The predicted octanol–water partition coefficient (Wildman–Crippen LogP) is -1.10. The van der Waals surface area contributed by atoms with Gasteiger partial charge >= 0.3 is 5.97 Å². The number of carboxylic acid groups (broad SMARTS) is 1. The Bertz CT molecular complexity index is 434. The monoisotopic (exact) mass is 267 g/mol. The largest absolute Gasteiger partial charge is 0.480 e. The molecule has 0 saturated carbocycles. The first kappa shape index (κ1) is 13.5. The zero-order valence-electron chi connectivity index (χ0n) is 10.6. The molecule has 0 radical (unpaired) electrons. The van der Waals surface area contributed by atoms with Gasteiger partial charge in [0.2, 0.25) is 5.91 Å². The summed E-state index contributed by atoms with van der Waals surface area (Å²) >= 11 is 0. The standard InChI is InChI=1S/C11H17N5O3/c17-10(8-16-5-2-12-13-16)15-4-1-3-14(6-7-15)9-11(18)19/h2,5H,1,3-4,6-9H2,(H,18,19). The fourth-order valence-corrected chi connectivity index (χ4v) is 2.13. The predicted molar refractivity (Wildman–Crippen MR) is 65.3 cm³/mol. The zero-order chi connectivity index (χ0) is 13.7. The second-order valence-corrected chi connectivity index (χ2v) is 4.50. The van der Waals surface area contributed by atoms with E-state index in [4.69, 9.17) is 5.11 Å². The van der Waals surface area contributed by atoms with Gasteiger partial charge in [-0.3, -0.25) is 14.5 Å². The van der Waals surface area contributed by atoms with E-state index in [1.54, 1.807) is 11.1 Å². The Morgan fingerprint density at radius 2 is 2.00 bits per heavy atom. The quantitative estimate of drug-likeness (QED) is 0.744. The number of aliphatic carboxylic acids is 1. The summed E-state index contributed by atoms with van der Waals surface area (Å²) in [6, 6.07) is 0. The van der Waals surface area contributed by atoms with E-state index in [0.29, 0.717) is 26.2 Å². The van der Waals surface area contributed by atoms with E-state index in [2.05, 4.69) is 10.3 Å². The SMILES string of the molecule is O=C(O)CN1CCCN(C(=O)Cn2ccnn2)CC1. The van der Waals surface area contributed by atoms with Gasteiger partial charge in [0.25, 0.3) is 0 Å². The maximum Gasteiger partial charge on any atom is 0.317 e. The lowest BCUT2D eigenvalue weighted by atomic mass is 10.3. The van der Waals surface area contributed by atoms with E-state index in [1.807, 2.05) is 4.90 Å². The Hall–Kier alpha value is -1.96. The first-order chi connectivity index (χ1) is 9.15. The van der Waals surface area contributed by atoms with Gasteiger partial charge in [0.05, 0.1) is 12.7 Å². The van der Waals surface area contributed by atoms with Crippen LogP contribution in [-0.4, -0.2) is 74.5 Å². The average molecular weight is 267 g/mol. The van der Waals surface area contributed by atoms with Crippen molar-refractivity contribution in [2.45, 2.75) is 13.0 Å². The van der Waals surface area contributed by atoms with E-state index < -0.39 is 5.97 Å². The van der Waals surface area contributed by atoms with Crippen molar-refractivity contribution in [3.63, 3.8) is 0 Å². The van der Waals surface area contributed by atoms with E-state index in [1.165, 1.54) is 10.9 Å². The Morgan fingerprint density at radius 3 is 2.68 bits per heavy atom. The fraction of sp³-hybridized carbons (Fsp3) is 0.636. The van der Waals surface area contributed by atoms with Gasteiger partial charge in [-0.05, 0) is 6.42 Å². The maximum absolute atomic E-state index is 12.0. The summed E-state index contributed by atoms with van der Waals surface area (Å²) in [5, 5.41) is 16.2. The molecule has 8 nitrogen and oxygen atoms in total. The Balaban J connectivity index is 1.84. The van der Waals surface area contributed by atoms with Crippen LogP contribution in [0.4, 0.5) is 0 Å². The third kappa shape index (κ3) is 4.02. The lowest BCUT2D eigenvalue weighted by Crippen LogP contribution is -2.38. The normalized spacial score (nSPS) is 17.2.